The summed E-state index contributed by atoms with van der Waals surface area (Å²) >= 11 is 5.63. The number of carbonyl (C=O) groups is 1. The van der Waals surface area contributed by atoms with Crippen LogP contribution in [-0.2, 0) is 0 Å². The number of hydrogen-bond acceptors (Lipinski definition) is 2. The second kappa shape index (κ2) is 6.14. The Balaban J connectivity index is 2.20. The van der Waals surface area contributed by atoms with Crippen molar-refractivity contribution in [3.63, 3.8) is 0 Å². The summed E-state index contributed by atoms with van der Waals surface area (Å²) in [6, 6.07) is 12.7. The van der Waals surface area contributed by atoms with E-state index in [1.807, 2.05) is 6.07 Å². The van der Waals surface area contributed by atoms with Crippen molar-refractivity contribution in [1.82, 2.24) is 0 Å². The van der Waals surface area contributed by atoms with Crippen LogP contribution in [0.5, 0.6) is 0 Å². The predicted molar refractivity (Wildman–Crippen MR) is 75.9 cm³/mol. The number of allylic oxidation sites excluding steroid dienone is 1. The third-order valence-electron chi connectivity index (χ3n) is 2.65. The summed E-state index contributed by atoms with van der Waals surface area (Å²) in [5.41, 5.74) is 1.57. The minimum Gasteiger partial charge on any atom is -0.289 e. The summed E-state index contributed by atoms with van der Waals surface area (Å²) in [4.78, 5) is 11.9. The third-order valence-corrected chi connectivity index (χ3v) is 2.94. The van der Waals surface area contributed by atoms with Gasteiger partial charge >= 0.3 is 0 Å². The van der Waals surface area contributed by atoms with Gasteiger partial charge in [0.15, 0.2) is 5.78 Å². The zero-order valence-corrected chi connectivity index (χ0v) is 11.1. The average Bonchev–Trinajstić information content (AvgIpc) is 2.47. The SMILES string of the molecule is N#Cc1cccc(C=CC(=O)c2ccc(F)c(Cl)c2)c1. The van der Waals surface area contributed by atoms with Crippen LogP contribution in [-0.4, -0.2) is 5.78 Å². The van der Waals surface area contributed by atoms with Gasteiger partial charge in [0, 0.05) is 5.56 Å². The van der Waals surface area contributed by atoms with E-state index in [0.717, 1.165) is 11.6 Å². The smallest absolute Gasteiger partial charge is 0.185 e. The lowest BCUT2D eigenvalue weighted by molar-refractivity contribution is 0.104. The lowest BCUT2D eigenvalue weighted by atomic mass is 10.1. The minimum absolute atomic E-state index is 0.0873. The minimum atomic E-state index is -0.561. The molecule has 0 heterocycles. The van der Waals surface area contributed by atoms with E-state index < -0.39 is 5.82 Å². The molecule has 0 unspecified atom stereocenters. The van der Waals surface area contributed by atoms with Gasteiger partial charge in [0.05, 0.1) is 16.7 Å². The summed E-state index contributed by atoms with van der Waals surface area (Å²) in [6.45, 7) is 0. The van der Waals surface area contributed by atoms with Crippen LogP contribution in [0.2, 0.25) is 5.02 Å². The molecule has 0 aliphatic rings. The molecule has 0 saturated carbocycles. The van der Waals surface area contributed by atoms with Crippen LogP contribution in [0, 0.1) is 17.1 Å². The number of nitrogens with zero attached hydrogens (tertiary/aromatic N) is 1. The lowest BCUT2D eigenvalue weighted by Crippen LogP contribution is -1.94. The van der Waals surface area contributed by atoms with Crippen LogP contribution in [0.15, 0.2) is 48.5 Å². The van der Waals surface area contributed by atoms with Gasteiger partial charge in [0.25, 0.3) is 0 Å². The first-order chi connectivity index (χ1) is 9.60. The molecule has 0 saturated heterocycles. The highest BCUT2D eigenvalue weighted by Crippen LogP contribution is 2.17. The normalized spacial score (nSPS) is 10.4. The molecular formula is C16H9ClFNO. The monoisotopic (exact) mass is 285 g/mol. The van der Waals surface area contributed by atoms with E-state index in [2.05, 4.69) is 0 Å². The maximum Gasteiger partial charge on any atom is 0.185 e. The fraction of sp³-hybridized carbons (Fsp3) is 0. The van der Waals surface area contributed by atoms with Crippen LogP contribution < -0.4 is 0 Å². The highest BCUT2D eigenvalue weighted by molar-refractivity contribution is 6.31. The predicted octanol–water partition coefficient (Wildman–Crippen LogP) is 4.25. The van der Waals surface area contributed by atoms with Crippen molar-refractivity contribution >= 4 is 23.5 Å². The lowest BCUT2D eigenvalue weighted by Gasteiger charge is -1.98. The molecule has 0 fully saturated rings. The number of nitriles is 1. The van der Waals surface area contributed by atoms with Gasteiger partial charge in [-0.15, -0.1) is 0 Å². The molecule has 0 amide bonds. The molecule has 0 aliphatic heterocycles. The Morgan fingerprint density at radius 2 is 2.05 bits per heavy atom. The molecule has 2 aromatic rings. The molecule has 2 nitrogen and oxygen atoms in total. The van der Waals surface area contributed by atoms with Crippen molar-refractivity contribution < 1.29 is 9.18 Å². The standard InChI is InChI=1S/C16H9ClFNO/c17-14-9-13(5-6-15(14)18)16(20)7-4-11-2-1-3-12(8-11)10-19/h1-9H. The Morgan fingerprint density at radius 3 is 2.75 bits per heavy atom. The first-order valence-electron chi connectivity index (χ1n) is 5.78. The molecule has 2 rings (SSSR count). The van der Waals surface area contributed by atoms with Crippen LogP contribution in [0.4, 0.5) is 4.39 Å². The molecule has 98 valence electrons. The van der Waals surface area contributed by atoms with Crippen LogP contribution in [0.25, 0.3) is 6.08 Å². The second-order valence-corrected chi connectivity index (χ2v) is 4.47. The van der Waals surface area contributed by atoms with Gasteiger partial charge in [-0.05, 0) is 42.0 Å². The molecule has 0 aliphatic carbocycles. The van der Waals surface area contributed by atoms with Gasteiger partial charge in [-0.3, -0.25) is 4.79 Å². The van der Waals surface area contributed by atoms with E-state index in [-0.39, 0.29) is 10.8 Å². The zero-order valence-electron chi connectivity index (χ0n) is 10.3. The van der Waals surface area contributed by atoms with Gasteiger partial charge in [0.1, 0.15) is 5.82 Å². The summed E-state index contributed by atoms with van der Waals surface area (Å²) in [5.74, 6) is -0.844. The van der Waals surface area contributed by atoms with Crippen LogP contribution in [0.1, 0.15) is 21.5 Å². The van der Waals surface area contributed by atoms with Crippen molar-refractivity contribution in [3.05, 3.63) is 76.1 Å². The van der Waals surface area contributed by atoms with Gasteiger partial charge in [-0.25, -0.2) is 4.39 Å². The molecule has 0 radical (unpaired) electrons. The molecule has 2 aromatic carbocycles. The van der Waals surface area contributed by atoms with Crippen molar-refractivity contribution in [3.8, 4) is 6.07 Å². The number of hydrogen-bond donors (Lipinski definition) is 0. The number of rotatable bonds is 3. The quantitative estimate of drug-likeness (QED) is 0.625. The van der Waals surface area contributed by atoms with Crippen molar-refractivity contribution in [2.45, 2.75) is 0 Å². The Labute approximate surface area is 120 Å². The summed E-state index contributed by atoms with van der Waals surface area (Å²) in [6.07, 6.45) is 2.96. The summed E-state index contributed by atoms with van der Waals surface area (Å²) in [5, 5.41) is 8.70. The average molecular weight is 286 g/mol. The maximum absolute atomic E-state index is 13.0. The van der Waals surface area contributed by atoms with Crippen molar-refractivity contribution in [2.24, 2.45) is 0 Å². The number of halogens is 2. The third kappa shape index (κ3) is 3.31. The van der Waals surface area contributed by atoms with E-state index in [0.29, 0.717) is 11.1 Å². The zero-order chi connectivity index (χ0) is 14.5. The highest BCUT2D eigenvalue weighted by Gasteiger charge is 2.05. The molecule has 0 spiro atoms. The number of ketones is 1. The van der Waals surface area contributed by atoms with Gasteiger partial charge in [0.2, 0.25) is 0 Å². The van der Waals surface area contributed by atoms with E-state index in [9.17, 15) is 9.18 Å². The topological polar surface area (TPSA) is 40.9 Å². The maximum atomic E-state index is 13.0. The van der Waals surface area contributed by atoms with E-state index >= 15 is 0 Å². The number of carbonyl (C=O) groups excluding carboxylic acids is 1. The first kappa shape index (κ1) is 14.0. The van der Waals surface area contributed by atoms with Crippen molar-refractivity contribution in [2.75, 3.05) is 0 Å². The fourth-order valence-corrected chi connectivity index (χ4v) is 1.81. The number of benzene rings is 2. The highest BCUT2D eigenvalue weighted by atomic mass is 35.5. The molecule has 0 bridgehead atoms. The molecule has 0 atom stereocenters. The van der Waals surface area contributed by atoms with E-state index in [1.54, 1.807) is 30.3 Å². The van der Waals surface area contributed by atoms with Crippen molar-refractivity contribution in [1.29, 1.82) is 5.26 Å². The molecule has 0 aromatic heterocycles. The Bertz CT molecular complexity index is 731. The van der Waals surface area contributed by atoms with Gasteiger partial charge in [-0.1, -0.05) is 29.8 Å². The summed E-state index contributed by atoms with van der Waals surface area (Å²) in [7, 11) is 0. The molecule has 0 N–H and O–H groups in total. The van der Waals surface area contributed by atoms with Gasteiger partial charge < -0.3 is 0 Å². The Hall–Kier alpha value is -2.44. The van der Waals surface area contributed by atoms with Gasteiger partial charge in [-0.2, -0.15) is 5.26 Å². The Kier molecular flexibility index (Phi) is 4.29. The van der Waals surface area contributed by atoms with E-state index in [1.165, 1.54) is 18.2 Å². The second-order valence-electron chi connectivity index (χ2n) is 4.06. The largest absolute Gasteiger partial charge is 0.289 e. The van der Waals surface area contributed by atoms with Crippen LogP contribution >= 0.6 is 11.6 Å². The first-order valence-corrected chi connectivity index (χ1v) is 6.15. The molecular weight excluding hydrogens is 277 g/mol. The molecule has 4 heteroatoms. The Morgan fingerprint density at radius 1 is 1.25 bits per heavy atom. The molecule has 20 heavy (non-hydrogen) atoms. The van der Waals surface area contributed by atoms with E-state index in [4.69, 9.17) is 16.9 Å². The fourth-order valence-electron chi connectivity index (χ4n) is 1.63. The van der Waals surface area contributed by atoms with Crippen LogP contribution in [0.3, 0.4) is 0 Å². The summed E-state index contributed by atoms with van der Waals surface area (Å²) < 4.78 is 13.0.